The molecule has 4 heteroatoms. The van der Waals surface area contributed by atoms with Crippen molar-refractivity contribution in [2.24, 2.45) is 5.92 Å². The Morgan fingerprint density at radius 2 is 2.04 bits per heavy atom. The Hall–Kier alpha value is -1.86. The summed E-state index contributed by atoms with van der Waals surface area (Å²) in [6.07, 6.45) is 15.9. The van der Waals surface area contributed by atoms with Crippen LogP contribution in [0.15, 0.2) is 66.2 Å². The van der Waals surface area contributed by atoms with Gasteiger partial charge in [-0.15, -0.1) is 9.24 Å². The summed E-state index contributed by atoms with van der Waals surface area (Å²) in [5.41, 5.74) is 3.26. The van der Waals surface area contributed by atoms with Gasteiger partial charge in [-0.3, -0.25) is 0 Å². The van der Waals surface area contributed by atoms with Crippen molar-refractivity contribution in [2.45, 2.75) is 45.4 Å². The summed E-state index contributed by atoms with van der Waals surface area (Å²) < 4.78 is 19.9. The molecule has 0 saturated heterocycles. The summed E-state index contributed by atoms with van der Waals surface area (Å²) in [6.45, 7) is 6.77. The van der Waals surface area contributed by atoms with E-state index in [0.717, 1.165) is 22.3 Å². The van der Waals surface area contributed by atoms with E-state index in [-0.39, 0.29) is 5.82 Å². The Kier molecular flexibility index (Phi) is 6.90. The van der Waals surface area contributed by atoms with Crippen LogP contribution in [0.3, 0.4) is 0 Å². The van der Waals surface area contributed by atoms with Gasteiger partial charge in [0.15, 0.2) is 11.6 Å². The van der Waals surface area contributed by atoms with Gasteiger partial charge in [-0.1, -0.05) is 56.5 Å². The molecule has 0 amide bonds. The smallest absolute Gasteiger partial charge is 0.165 e. The minimum absolute atomic E-state index is 0.294. The molecule has 0 N–H and O–H groups in total. The molecule has 2 nitrogen and oxygen atoms in total. The maximum Gasteiger partial charge on any atom is 0.165 e. The van der Waals surface area contributed by atoms with E-state index in [9.17, 15) is 4.39 Å². The standard InChI is InChI=1S/C23H29FNOP/c1-3-21-19(16-26-23-20(24)13-8-14-22(23)27)12-9-15-25(21)17(2)18-10-6-4-5-7-11-18/h3,8-9,12-15,18H,2,4-7,10-11,16,27H2,1H3/b21-3-. The van der Waals surface area contributed by atoms with Gasteiger partial charge in [0.1, 0.15) is 6.61 Å². The molecule has 1 aliphatic heterocycles. The summed E-state index contributed by atoms with van der Waals surface area (Å²) >= 11 is 0. The molecule has 0 radical (unpaired) electrons. The fourth-order valence-corrected chi connectivity index (χ4v) is 4.23. The highest BCUT2D eigenvalue weighted by Crippen LogP contribution is 2.34. The Balaban J connectivity index is 1.72. The van der Waals surface area contributed by atoms with Gasteiger partial charge < -0.3 is 9.64 Å². The second-order valence-electron chi connectivity index (χ2n) is 7.20. The predicted molar refractivity (Wildman–Crippen MR) is 114 cm³/mol. The number of para-hydroxylation sites is 1. The van der Waals surface area contributed by atoms with E-state index < -0.39 is 0 Å². The zero-order chi connectivity index (χ0) is 19.2. The van der Waals surface area contributed by atoms with E-state index >= 15 is 0 Å². The number of halogens is 1. The van der Waals surface area contributed by atoms with Gasteiger partial charge in [0.05, 0.1) is 0 Å². The van der Waals surface area contributed by atoms with Gasteiger partial charge in [0, 0.05) is 28.5 Å². The second-order valence-corrected chi connectivity index (χ2v) is 7.83. The van der Waals surface area contributed by atoms with E-state index in [1.54, 1.807) is 6.07 Å². The first-order valence-corrected chi connectivity index (χ1v) is 10.4. The van der Waals surface area contributed by atoms with Gasteiger partial charge in [-0.05, 0) is 37.8 Å². The molecule has 1 fully saturated rings. The van der Waals surface area contributed by atoms with Gasteiger partial charge in [-0.25, -0.2) is 4.39 Å². The molecule has 144 valence electrons. The number of nitrogens with zero attached hydrogens (tertiary/aromatic N) is 1. The average Bonchev–Trinajstić information content (AvgIpc) is 2.96. The molecule has 1 heterocycles. The van der Waals surface area contributed by atoms with Crippen molar-refractivity contribution < 1.29 is 9.13 Å². The van der Waals surface area contributed by atoms with Crippen LogP contribution in [0.25, 0.3) is 0 Å². The van der Waals surface area contributed by atoms with Crippen LogP contribution >= 0.6 is 9.24 Å². The molecule has 1 aromatic carbocycles. The first-order chi connectivity index (χ1) is 13.1. The molecule has 0 spiro atoms. The molecule has 1 unspecified atom stereocenters. The highest BCUT2D eigenvalue weighted by Gasteiger charge is 2.24. The highest BCUT2D eigenvalue weighted by molar-refractivity contribution is 7.27. The predicted octanol–water partition coefficient (Wildman–Crippen LogP) is 5.85. The quantitative estimate of drug-likeness (QED) is 0.466. The summed E-state index contributed by atoms with van der Waals surface area (Å²) in [4.78, 5) is 2.19. The second kappa shape index (κ2) is 9.37. The lowest BCUT2D eigenvalue weighted by atomic mass is 9.95. The zero-order valence-electron chi connectivity index (χ0n) is 16.1. The van der Waals surface area contributed by atoms with Crippen molar-refractivity contribution in [3.05, 3.63) is 72.0 Å². The third kappa shape index (κ3) is 4.71. The number of hydrogen-bond donors (Lipinski definition) is 0. The van der Waals surface area contributed by atoms with E-state index in [0.29, 0.717) is 18.3 Å². The maximum absolute atomic E-state index is 14.1. The Bertz CT molecular complexity index is 752. The first-order valence-electron chi connectivity index (χ1n) is 9.80. The molecule has 0 aromatic heterocycles. The third-order valence-corrected chi connectivity index (χ3v) is 5.85. The van der Waals surface area contributed by atoms with Crippen LogP contribution < -0.4 is 10.0 Å². The van der Waals surface area contributed by atoms with Gasteiger partial charge in [0.2, 0.25) is 0 Å². The first kappa shape index (κ1) is 19.9. The van der Waals surface area contributed by atoms with Crippen molar-refractivity contribution in [2.75, 3.05) is 6.61 Å². The van der Waals surface area contributed by atoms with Crippen LogP contribution in [0.4, 0.5) is 4.39 Å². The van der Waals surface area contributed by atoms with Crippen molar-refractivity contribution in [3.63, 3.8) is 0 Å². The minimum atomic E-state index is -0.337. The molecule has 1 saturated carbocycles. The molecule has 1 aromatic rings. The fraction of sp³-hybridized carbons (Fsp3) is 0.391. The Labute approximate surface area is 164 Å². The lowest BCUT2D eigenvalue weighted by molar-refractivity contribution is 0.328. The lowest BCUT2D eigenvalue weighted by Gasteiger charge is -2.33. The van der Waals surface area contributed by atoms with E-state index in [1.807, 2.05) is 25.1 Å². The normalized spacial score (nSPS) is 19.7. The van der Waals surface area contributed by atoms with E-state index in [2.05, 4.69) is 33.0 Å². The van der Waals surface area contributed by atoms with Gasteiger partial charge in [-0.2, -0.15) is 0 Å². The molecule has 27 heavy (non-hydrogen) atoms. The average molecular weight is 385 g/mol. The summed E-state index contributed by atoms with van der Waals surface area (Å²) in [5.74, 6) is 0.483. The number of hydrogen-bond acceptors (Lipinski definition) is 2. The van der Waals surface area contributed by atoms with Crippen LogP contribution in [0.1, 0.15) is 45.4 Å². The largest absolute Gasteiger partial charge is 0.485 e. The Morgan fingerprint density at radius 3 is 2.70 bits per heavy atom. The van der Waals surface area contributed by atoms with Crippen LogP contribution in [0.5, 0.6) is 5.75 Å². The number of ether oxygens (including phenoxy) is 1. The number of rotatable bonds is 5. The molecule has 3 rings (SSSR count). The highest BCUT2D eigenvalue weighted by atomic mass is 31.0. The number of benzene rings is 1. The zero-order valence-corrected chi connectivity index (χ0v) is 17.2. The molecular formula is C23H29FNOP. The van der Waals surface area contributed by atoms with Gasteiger partial charge in [0.25, 0.3) is 0 Å². The van der Waals surface area contributed by atoms with E-state index in [1.165, 1.54) is 44.6 Å². The molecule has 1 aliphatic carbocycles. The summed E-state index contributed by atoms with van der Waals surface area (Å²) in [7, 11) is 2.53. The van der Waals surface area contributed by atoms with Crippen molar-refractivity contribution in [3.8, 4) is 5.75 Å². The lowest BCUT2D eigenvalue weighted by Crippen LogP contribution is -2.26. The van der Waals surface area contributed by atoms with Crippen molar-refractivity contribution >= 4 is 14.5 Å². The maximum atomic E-state index is 14.1. The molecular weight excluding hydrogens is 356 g/mol. The van der Waals surface area contributed by atoms with Crippen LogP contribution in [0, 0.1) is 11.7 Å². The molecule has 2 aliphatic rings. The summed E-state index contributed by atoms with van der Waals surface area (Å²) in [5, 5.41) is 0.726. The molecule has 1 atom stereocenters. The minimum Gasteiger partial charge on any atom is -0.485 e. The Morgan fingerprint density at radius 1 is 1.30 bits per heavy atom. The van der Waals surface area contributed by atoms with Crippen LogP contribution in [-0.4, -0.2) is 11.5 Å². The van der Waals surface area contributed by atoms with Crippen molar-refractivity contribution in [1.82, 2.24) is 4.90 Å². The van der Waals surface area contributed by atoms with Crippen LogP contribution in [0.2, 0.25) is 0 Å². The van der Waals surface area contributed by atoms with E-state index in [4.69, 9.17) is 4.74 Å². The van der Waals surface area contributed by atoms with Crippen molar-refractivity contribution in [1.29, 1.82) is 0 Å². The summed E-state index contributed by atoms with van der Waals surface area (Å²) in [6, 6.07) is 4.94. The topological polar surface area (TPSA) is 12.5 Å². The monoisotopic (exact) mass is 385 g/mol. The van der Waals surface area contributed by atoms with Gasteiger partial charge >= 0.3 is 0 Å². The van der Waals surface area contributed by atoms with Crippen LogP contribution in [-0.2, 0) is 0 Å². The number of allylic oxidation sites excluding steroid dienone is 4. The molecule has 0 bridgehead atoms. The fourth-order valence-electron chi connectivity index (χ4n) is 3.90. The SMILES string of the molecule is C=C(C1CCCCCC1)N1C=CC=C(COc2c(F)cccc2P)/C1=C/C. The third-order valence-electron chi connectivity index (χ3n) is 5.40.